The molecule has 0 bridgehead atoms. The lowest BCUT2D eigenvalue weighted by Gasteiger charge is -2.17. The van der Waals surface area contributed by atoms with Gasteiger partial charge in [0.15, 0.2) is 17.7 Å². The van der Waals surface area contributed by atoms with Crippen LogP contribution in [0.3, 0.4) is 0 Å². The number of quaternary nitrogens is 1. The molecule has 0 saturated heterocycles. The lowest BCUT2D eigenvalue weighted by atomic mass is 10.2. The topological polar surface area (TPSA) is 76.2 Å². The number of amidine groups is 2. The zero-order valence-corrected chi connectivity index (χ0v) is 12.6. The minimum atomic E-state index is -0.744. The number of allylic oxidation sites excluding steroid dienone is 1. The molecular weight excluding hydrogens is 328 g/mol. The first-order chi connectivity index (χ1) is 12.0. The molecule has 8 heteroatoms. The van der Waals surface area contributed by atoms with Gasteiger partial charge < -0.3 is 4.42 Å². The lowest BCUT2D eigenvalue weighted by Crippen LogP contribution is -2.50. The predicted molar refractivity (Wildman–Crippen MR) is 86.9 cm³/mol. The molecule has 0 fully saturated rings. The predicted octanol–water partition coefficient (Wildman–Crippen LogP) is 2.30. The monoisotopic (exact) mass is 338 g/mol. The van der Waals surface area contributed by atoms with Gasteiger partial charge in [-0.15, -0.1) is 5.84 Å². The van der Waals surface area contributed by atoms with Crippen LogP contribution in [0.5, 0.6) is 0 Å². The van der Waals surface area contributed by atoms with Gasteiger partial charge in [-0.25, -0.2) is 13.8 Å². The van der Waals surface area contributed by atoms with E-state index in [-0.39, 0.29) is 11.3 Å². The normalized spacial score (nSPS) is 21.0. The Bertz CT molecular complexity index is 1040. The van der Waals surface area contributed by atoms with Gasteiger partial charge in [0.2, 0.25) is 0 Å². The van der Waals surface area contributed by atoms with Gasteiger partial charge in [-0.1, -0.05) is 5.92 Å². The van der Waals surface area contributed by atoms with Crippen LogP contribution >= 0.6 is 0 Å². The van der Waals surface area contributed by atoms with Crippen molar-refractivity contribution in [3.8, 4) is 11.8 Å². The number of aliphatic imine (C=N–C) groups is 2. The van der Waals surface area contributed by atoms with E-state index in [1.807, 2.05) is 0 Å². The highest BCUT2D eigenvalue weighted by atomic mass is 19.1. The van der Waals surface area contributed by atoms with E-state index in [9.17, 15) is 8.78 Å². The fraction of sp³-hybridized carbons (Fsp3) is 0. The van der Waals surface area contributed by atoms with E-state index in [0.29, 0.717) is 17.4 Å². The SMILES string of the molecule is N[N+]12C=C(C#Cc3ccc(F)cc3F)N=CC1=NC(c1ccco1)=N2. The summed E-state index contributed by atoms with van der Waals surface area (Å²) < 4.78 is 31.3. The summed E-state index contributed by atoms with van der Waals surface area (Å²) in [5, 5.41) is 4.29. The minimum absolute atomic E-state index is 0.0572. The third-order valence-corrected chi connectivity index (χ3v) is 3.48. The van der Waals surface area contributed by atoms with Crippen molar-refractivity contribution < 1.29 is 17.9 Å². The van der Waals surface area contributed by atoms with Crippen molar-refractivity contribution in [2.24, 2.45) is 20.9 Å². The summed E-state index contributed by atoms with van der Waals surface area (Å²) in [6, 6.07) is 6.59. The molecular formula is C17H10F2N5O+. The number of benzene rings is 1. The van der Waals surface area contributed by atoms with Crippen LogP contribution in [-0.2, 0) is 0 Å². The van der Waals surface area contributed by atoms with Gasteiger partial charge in [0.1, 0.15) is 17.8 Å². The van der Waals surface area contributed by atoms with Crippen LogP contribution in [-0.4, -0.2) is 22.6 Å². The Morgan fingerprint density at radius 3 is 2.80 bits per heavy atom. The van der Waals surface area contributed by atoms with Crippen LogP contribution in [0.25, 0.3) is 0 Å². The van der Waals surface area contributed by atoms with E-state index in [4.69, 9.17) is 10.3 Å². The maximum atomic E-state index is 13.6. The fourth-order valence-corrected chi connectivity index (χ4v) is 2.28. The molecule has 0 saturated carbocycles. The van der Waals surface area contributed by atoms with Crippen molar-refractivity contribution in [2.45, 2.75) is 0 Å². The Labute approximate surface area is 140 Å². The largest absolute Gasteiger partial charge is 0.461 e. The first-order valence-corrected chi connectivity index (χ1v) is 7.18. The average molecular weight is 338 g/mol. The maximum Gasteiger partial charge on any atom is 0.300 e. The third-order valence-electron chi connectivity index (χ3n) is 3.48. The molecule has 0 spiro atoms. The fourth-order valence-electron chi connectivity index (χ4n) is 2.28. The molecule has 3 heterocycles. The standard InChI is InChI=1S/C17H10F2N5O/c18-12-5-3-11(14(19)8-12)4-6-13-10-24(20)16(9-21-13)22-17(23-24)15-2-1-7-25-15/h1-3,5,7-10H,20H2/q+1. The Kier molecular flexibility index (Phi) is 3.39. The summed E-state index contributed by atoms with van der Waals surface area (Å²) in [5.41, 5.74) is 0.344. The number of fused-ring (bicyclic) bond motifs is 1. The van der Waals surface area contributed by atoms with Crippen molar-refractivity contribution in [2.75, 3.05) is 0 Å². The first kappa shape index (κ1) is 15.1. The maximum absolute atomic E-state index is 13.6. The Hall–Kier alpha value is -3.41. The minimum Gasteiger partial charge on any atom is -0.461 e. The molecule has 0 radical (unpaired) electrons. The third kappa shape index (κ3) is 2.78. The average Bonchev–Trinajstić information content (AvgIpc) is 3.20. The number of furan rings is 1. The van der Waals surface area contributed by atoms with Crippen molar-refractivity contribution in [1.29, 1.82) is 0 Å². The summed E-state index contributed by atoms with van der Waals surface area (Å²) >= 11 is 0. The lowest BCUT2D eigenvalue weighted by molar-refractivity contribution is -0.803. The number of nitrogens with two attached hydrogens (primary N) is 1. The van der Waals surface area contributed by atoms with Gasteiger partial charge in [-0.3, -0.25) is 0 Å². The van der Waals surface area contributed by atoms with Crippen LogP contribution < -0.4 is 5.84 Å². The number of nitrogens with zero attached hydrogens (tertiary/aromatic N) is 4. The van der Waals surface area contributed by atoms with Gasteiger partial charge in [-0.2, -0.15) is 4.99 Å². The van der Waals surface area contributed by atoms with E-state index in [1.54, 1.807) is 12.1 Å². The molecule has 2 N–H and O–H groups in total. The molecule has 1 unspecified atom stereocenters. The van der Waals surface area contributed by atoms with E-state index in [1.165, 1.54) is 24.7 Å². The van der Waals surface area contributed by atoms with Crippen molar-refractivity contribution in [3.05, 3.63) is 71.5 Å². The second kappa shape index (κ2) is 5.59. The molecule has 1 aromatic carbocycles. The van der Waals surface area contributed by atoms with E-state index in [2.05, 4.69) is 26.9 Å². The molecule has 2 aliphatic rings. The number of halogens is 2. The summed E-state index contributed by atoms with van der Waals surface area (Å²) in [4.78, 5) is 8.41. The molecule has 4 rings (SSSR count). The molecule has 2 aromatic rings. The zero-order valence-electron chi connectivity index (χ0n) is 12.6. The van der Waals surface area contributed by atoms with Crippen LogP contribution in [0.15, 0.2) is 68.0 Å². The molecule has 25 heavy (non-hydrogen) atoms. The summed E-state index contributed by atoms with van der Waals surface area (Å²) in [6.07, 6.45) is 4.42. The quantitative estimate of drug-likeness (QED) is 0.492. The van der Waals surface area contributed by atoms with Crippen LogP contribution in [0.1, 0.15) is 11.3 Å². The van der Waals surface area contributed by atoms with E-state index >= 15 is 0 Å². The van der Waals surface area contributed by atoms with Crippen LogP contribution in [0.2, 0.25) is 0 Å². The summed E-state index contributed by atoms with van der Waals surface area (Å²) in [6.45, 7) is 0. The van der Waals surface area contributed by atoms with Crippen LogP contribution in [0.4, 0.5) is 8.78 Å². The van der Waals surface area contributed by atoms with Gasteiger partial charge in [0, 0.05) is 6.07 Å². The molecule has 1 aromatic heterocycles. The van der Waals surface area contributed by atoms with Gasteiger partial charge in [0.25, 0.3) is 11.7 Å². The second-order valence-electron chi connectivity index (χ2n) is 5.26. The van der Waals surface area contributed by atoms with Crippen LogP contribution in [0, 0.1) is 23.5 Å². The number of hydrogen-bond donors (Lipinski definition) is 1. The van der Waals surface area contributed by atoms with Gasteiger partial charge in [0.05, 0.1) is 11.8 Å². The highest BCUT2D eigenvalue weighted by molar-refractivity contribution is 6.31. The zero-order chi connectivity index (χ0) is 17.4. The van der Waals surface area contributed by atoms with Gasteiger partial charge in [-0.05, 0) is 40.0 Å². The van der Waals surface area contributed by atoms with E-state index in [0.717, 1.165) is 12.1 Å². The molecule has 6 nitrogen and oxygen atoms in total. The smallest absolute Gasteiger partial charge is 0.300 e. The van der Waals surface area contributed by atoms with E-state index < -0.39 is 16.3 Å². The Morgan fingerprint density at radius 1 is 1.16 bits per heavy atom. The Morgan fingerprint density at radius 2 is 2.04 bits per heavy atom. The van der Waals surface area contributed by atoms with Crippen molar-refractivity contribution in [3.63, 3.8) is 0 Å². The van der Waals surface area contributed by atoms with Crippen molar-refractivity contribution >= 4 is 17.9 Å². The van der Waals surface area contributed by atoms with Gasteiger partial charge >= 0.3 is 0 Å². The second-order valence-corrected chi connectivity index (χ2v) is 5.26. The molecule has 1 atom stereocenters. The Balaban J connectivity index is 1.66. The summed E-state index contributed by atoms with van der Waals surface area (Å²) in [5.74, 6) is 11.3. The highest BCUT2D eigenvalue weighted by Crippen LogP contribution is 2.21. The molecule has 2 aliphatic heterocycles. The first-order valence-electron chi connectivity index (χ1n) is 7.18. The highest BCUT2D eigenvalue weighted by Gasteiger charge is 2.39. The number of hydrogen-bond acceptors (Lipinski definition) is 5. The van der Waals surface area contributed by atoms with Crippen molar-refractivity contribution in [1.82, 2.24) is 0 Å². The molecule has 122 valence electrons. The number of rotatable bonds is 1. The molecule has 0 amide bonds. The molecule has 0 aliphatic carbocycles. The summed E-state index contributed by atoms with van der Waals surface area (Å²) in [7, 11) is 0.